The van der Waals surface area contributed by atoms with Crippen molar-refractivity contribution in [3.05, 3.63) is 84.3 Å². The van der Waals surface area contributed by atoms with E-state index >= 15 is 0 Å². The molecular formula is C20H17N3O. The molecule has 0 aliphatic rings. The summed E-state index contributed by atoms with van der Waals surface area (Å²) in [5.41, 5.74) is 3.27. The van der Waals surface area contributed by atoms with Crippen LogP contribution in [0.5, 0.6) is 5.75 Å². The Balaban J connectivity index is 1.73. The van der Waals surface area contributed by atoms with Gasteiger partial charge in [0.15, 0.2) is 0 Å². The summed E-state index contributed by atoms with van der Waals surface area (Å²) < 4.78 is 8.10. The molecule has 0 saturated heterocycles. The molecule has 2 aromatic carbocycles. The first-order valence-corrected chi connectivity index (χ1v) is 7.88. The first kappa shape index (κ1) is 14.5. The molecule has 0 saturated carbocycles. The Morgan fingerprint density at radius 1 is 0.917 bits per heavy atom. The van der Waals surface area contributed by atoms with Gasteiger partial charge in [0.2, 0.25) is 5.95 Å². The highest BCUT2D eigenvalue weighted by Crippen LogP contribution is 2.30. The normalized spacial score (nSPS) is 10.9. The summed E-state index contributed by atoms with van der Waals surface area (Å²) in [7, 11) is 0. The molecule has 2 aromatic heterocycles. The van der Waals surface area contributed by atoms with Gasteiger partial charge in [-0.3, -0.25) is 4.57 Å². The van der Waals surface area contributed by atoms with Gasteiger partial charge in [-0.05, 0) is 36.8 Å². The molecule has 0 amide bonds. The van der Waals surface area contributed by atoms with Gasteiger partial charge in [0, 0.05) is 23.5 Å². The Bertz CT molecular complexity index is 962. The van der Waals surface area contributed by atoms with E-state index < -0.39 is 0 Å². The van der Waals surface area contributed by atoms with Gasteiger partial charge in [-0.2, -0.15) is 0 Å². The fourth-order valence-electron chi connectivity index (χ4n) is 2.87. The molecule has 0 aliphatic heterocycles. The van der Waals surface area contributed by atoms with Crippen molar-refractivity contribution < 1.29 is 4.74 Å². The zero-order chi connectivity index (χ0) is 16.4. The second-order valence-electron chi connectivity index (χ2n) is 5.63. The Morgan fingerprint density at radius 2 is 1.71 bits per heavy atom. The third kappa shape index (κ3) is 2.63. The molecule has 0 fully saturated rings. The van der Waals surface area contributed by atoms with Crippen LogP contribution in [0.2, 0.25) is 0 Å². The average Bonchev–Trinajstić information content (AvgIpc) is 2.98. The summed E-state index contributed by atoms with van der Waals surface area (Å²) in [4.78, 5) is 8.73. The molecule has 0 bridgehead atoms. The topological polar surface area (TPSA) is 39.9 Å². The monoisotopic (exact) mass is 315 g/mol. The molecule has 118 valence electrons. The van der Waals surface area contributed by atoms with Crippen molar-refractivity contribution in [3.8, 4) is 11.7 Å². The third-order valence-corrected chi connectivity index (χ3v) is 3.98. The van der Waals surface area contributed by atoms with E-state index in [4.69, 9.17) is 4.74 Å². The van der Waals surface area contributed by atoms with E-state index in [0.29, 0.717) is 12.6 Å². The second kappa shape index (κ2) is 6.16. The van der Waals surface area contributed by atoms with Crippen molar-refractivity contribution in [2.45, 2.75) is 13.5 Å². The minimum absolute atomic E-state index is 0.548. The van der Waals surface area contributed by atoms with Crippen LogP contribution in [0.25, 0.3) is 16.9 Å². The van der Waals surface area contributed by atoms with E-state index in [1.54, 1.807) is 12.4 Å². The van der Waals surface area contributed by atoms with Crippen LogP contribution in [-0.4, -0.2) is 14.5 Å². The largest absolute Gasteiger partial charge is 0.488 e. The predicted molar refractivity (Wildman–Crippen MR) is 94.4 cm³/mol. The van der Waals surface area contributed by atoms with E-state index in [-0.39, 0.29) is 0 Å². The highest BCUT2D eigenvalue weighted by molar-refractivity contribution is 5.88. The highest BCUT2D eigenvalue weighted by Gasteiger charge is 2.12. The van der Waals surface area contributed by atoms with Crippen molar-refractivity contribution in [2.75, 3.05) is 0 Å². The van der Waals surface area contributed by atoms with E-state index in [2.05, 4.69) is 41.2 Å². The summed E-state index contributed by atoms with van der Waals surface area (Å²) >= 11 is 0. The van der Waals surface area contributed by atoms with Gasteiger partial charge in [0.25, 0.3) is 0 Å². The Kier molecular flexibility index (Phi) is 3.71. The van der Waals surface area contributed by atoms with Crippen molar-refractivity contribution >= 4 is 10.9 Å². The molecule has 0 unspecified atom stereocenters. The van der Waals surface area contributed by atoms with Crippen molar-refractivity contribution in [1.82, 2.24) is 14.5 Å². The van der Waals surface area contributed by atoms with E-state index in [0.717, 1.165) is 27.9 Å². The maximum Gasteiger partial charge on any atom is 0.234 e. The number of ether oxygens (including phenoxy) is 1. The summed E-state index contributed by atoms with van der Waals surface area (Å²) in [5, 5.41) is 1.07. The van der Waals surface area contributed by atoms with Gasteiger partial charge >= 0.3 is 0 Å². The summed E-state index contributed by atoms with van der Waals surface area (Å²) in [6.07, 6.45) is 3.51. The van der Waals surface area contributed by atoms with Crippen LogP contribution < -0.4 is 4.74 Å². The number of hydrogen-bond acceptors (Lipinski definition) is 3. The van der Waals surface area contributed by atoms with Crippen LogP contribution in [0, 0.1) is 6.92 Å². The average molecular weight is 315 g/mol. The standard InChI is InChI=1S/C20H17N3O/c1-15-13-17-18(23(15)20-21-11-6-12-22-20)9-5-10-19(17)24-14-16-7-3-2-4-8-16/h2-13H,14H2,1H3. The van der Waals surface area contributed by atoms with Gasteiger partial charge in [-0.25, -0.2) is 9.97 Å². The van der Waals surface area contributed by atoms with E-state index in [1.807, 2.05) is 41.0 Å². The maximum absolute atomic E-state index is 6.06. The van der Waals surface area contributed by atoms with Crippen LogP contribution in [0.1, 0.15) is 11.3 Å². The lowest BCUT2D eigenvalue weighted by Crippen LogP contribution is -2.01. The lowest BCUT2D eigenvalue weighted by atomic mass is 10.2. The zero-order valence-corrected chi connectivity index (χ0v) is 13.4. The molecule has 24 heavy (non-hydrogen) atoms. The lowest BCUT2D eigenvalue weighted by Gasteiger charge is -2.09. The number of hydrogen-bond donors (Lipinski definition) is 0. The Morgan fingerprint density at radius 3 is 2.50 bits per heavy atom. The molecular weight excluding hydrogens is 298 g/mol. The molecule has 4 aromatic rings. The van der Waals surface area contributed by atoms with Gasteiger partial charge < -0.3 is 4.74 Å². The van der Waals surface area contributed by atoms with Crippen LogP contribution in [0.4, 0.5) is 0 Å². The van der Waals surface area contributed by atoms with Crippen LogP contribution >= 0.6 is 0 Å². The van der Waals surface area contributed by atoms with Crippen molar-refractivity contribution in [3.63, 3.8) is 0 Å². The van der Waals surface area contributed by atoms with Gasteiger partial charge in [-0.1, -0.05) is 36.4 Å². The fourth-order valence-corrected chi connectivity index (χ4v) is 2.87. The number of aromatic nitrogens is 3. The van der Waals surface area contributed by atoms with Gasteiger partial charge in [0.1, 0.15) is 12.4 Å². The van der Waals surface area contributed by atoms with Crippen LogP contribution in [-0.2, 0) is 6.61 Å². The number of rotatable bonds is 4. The molecule has 4 heteroatoms. The summed E-state index contributed by atoms with van der Waals surface area (Å²) in [5.74, 6) is 1.54. The molecule has 0 N–H and O–H groups in total. The molecule has 4 nitrogen and oxygen atoms in total. The van der Waals surface area contributed by atoms with E-state index in [1.165, 1.54) is 0 Å². The Labute approximate surface area is 140 Å². The molecule has 2 heterocycles. The molecule has 0 atom stereocenters. The fraction of sp³-hybridized carbons (Fsp3) is 0.100. The van der Waals surface area contributed by atoms with E-state index in [9.17, 15) is 0 Å². The van der Waals surface area contributed by atoms with Crippen molar-refractivity contribution in [2.24, 2.45) is 0 Å². The molecule has 0 spiro atoms. The number of aryl methyl sites for hydroxylation is 1. The smallest absolute Gasteiger partial charge is 0.234 e. The second-order valence-corrected chi connectivity index (χ2v) is 5.63. The van der Waals surface area contributed by atoms with Crippen LogP contribution in [0.3, 0.4) is 0 Å². The number of fused-ring (bicyclic) bond motifs is 1. The van der Waals surface area contributed by atoms with Crippen molar-refractivity contribution in [1.29, 1.82) is 0 Å². The minimum Gasteiger partial charge on any atom is -0.488 e. The SMILES string of the molecule is Cc1cc2c(OCc3ccccc3)cccc2n1-c1ncccn1. The first-order valence-electron chi connectivity index (χ1n) is 7.88. The summed E-state index contributed by atoms with van der Waals surface area (Å²) in [6.45, 7) is 2.60. The quantitative estimate of drug-likeness (QED) is 0.563. The molecule has 0 radical (unpaired) electrons. The third-order valence-electron chi connectivity index (χ3n) is 3.98. The highest BCUT2D eigenvalue weighted by atomic mass is 16.5. The first-order chi connectivity index (χ1) is 11.8. The maximum atomic E-state index is 6.06. The lowest BCUT2D eigenvalue weighted by molar-refractivity contribution is 0.310. The minimum atomic E-state index is 0.548. The molecule has 0 aliphatic carbocycles. The Hall–Kier alpha value is -3.14. The predicted octanol–water partition coefficient (Wildman–Crippen LogP) is 4.31. The van der Waals surface area contributed by atoms with Gasteiger partial charge in [0.05, 0.1) is 5.52 Å². The molecule has 4 rings (SSSR count). The summed E-state index contributed by atoms with van der Waals surface area (Å²) in [6, 6.07) is 20.2. The zero-order valence-electron chi connectivity index (χ0n) is 13.4. The number of benzene rings is 2. The van der Waals surface area contributed by atoms with Crippen LogP contribution in [0.15, 0.2) is 73.1 Å². The number of nitrogens with zero attached hydrogens (tertiary/aromatic N) is 3. The van der Waals surface area contributed by atoms with Gasteiger partial charge in [-0.15, -0.1) is 0 Å².